The van der Waals surface area contributed by atoms with Crippen LogP contribution in [0.4, 0.5) is 0 Å². The summed E-state index contributed by atoms with van der Waals surface area (Å²) in [7, 11) is 0.668. The molecule has 1 atom stereocenters. The average Bonchev–Trinajstić information content (AvgIpc) is 2.44. The molecule has 0 aromatic rings. The topological polar surface area (TPSA) is 74.2 Å². The van der Waals surface area contributed by atoms with E-state index >= 15 is 0 Å². The molecular weight excluding hydrogens is 299 g/mol. The van der Waals surface area contributed by atoms with Crippen molar-refractivity contribution in [2.45, 2.75) is 51.9 Å². The number of hydrogen-bond donors (Lipinski definition) is 1. The van der Waals surface area contributed by atoms with E-state index < -0.39 is 17.8 Å². The van der Waals surface area contributed by atoms with E-state index in [2.05, 4.69) is 11.4 Å². The monoisotopic (exact) mass is 329 g/mol. The Kier molecular flexibility index (Phi) is 21.4. The van der Waals surface area contributed by atoms with Crippen LogP contribution in [0.25, 0.3) is 0 Å². The number of hydrogen-bond acceptors (Lipinski definition) is 5. The third-order valence-corrected chi connectivity index (χ3v) is 4.09. The molecule has 0 saturated carbocycles. The molecule has 0 aromatic carbocycles. The molecule has 0 aliphatic heterocycles. The molecule has 0 spiro atoms. The molecule has 122 valence electrons. The van der Waals surface area contributed by atoms with Crippen molar-refractivity contribution in [2.24, 2.45) is 0 Å². The van der Waals surface area contributed by atoms with Crippen LogP contribution < -0.4 is 0 Å². The van der Waals surface area contributed by atoms with E-state index in [9.17, 15) is 4.57 Å². The summed E-state index contributed by atoms with van der Waals surface area (Å²) in [5.74, 6) is 0. The van der Waals surface area contributed by atoms with Crippen molar-refractivity contribution in [1.82, 2.24) is 0 Å². The third kappa shape index (κ3) is 20.4. The van der Waals surface area contributed by atoms with Crippen molar-refractivity contribution in [2.75, 3.05) is 27.9 Å². The van der Waals surface area contributed by atoms with Crippen LogP contribution in [0.15, 0.2) is 0 Å². The largest absolute Gasteiger partial charge is 0.694 e. The fourth-order valence-electron chi connectivity index (χ4n) is 1.49. The predicted octanol–water partition coefficient (Wildman–Crippen LogP) is 3.05. The molecule has 0 aliphatic rings. The summed E-state index contributed by atoms with van der Waals surface area (Å²) in [6.07, 6.45) is 8.39. The van der Waals surface area contributed by atoms with E-state index in [1.165, 1.54) is 32.1 Å². The Bertz CT molecular complexity index is 199. The second kappa shape index (κ2) is 19.1. The van der Waals surface area contributed by atoms with Gasteiger partial charge >= 0.3 is 17.8 Å². The van der Waals surface area contributed by atoms with Crippen molar-refractivity contribution in [3.8, 4) is 0 Å². The van der Waals surface area contributed by atoms with Gasteiger partial charge in [-0.15, -0.1) is 9.42 Å². The Hall–Kier alpha value is 0.117. The first-order valence-corrected chi connectivity index (χ1v) is 9.54. The summed E-state index contributed by atoms with van der Waals surface area (Å²) in [5, 5.41) is 0. The lowest BCUT2D eigenvalue weighted by Gasteiger charge is -2.05. The highest BCUT2D eigenvalue weighted by Crippen LogP contribution is 2.15. The first-order valence-electron chi connectivity index (χ1n) is 6.99. The van der Waals surface area contributed by atoms with E-state index in [0.29, 0.717) is 6.61 Å². The van der Waals surface area contributed by atoms with Crippen LogP contribution in [0.1, 0.15) is 51.9 Å². The lowest BCUT2D eigenvalue weighted by molar-refractivity contribution is 0.163. The first kappa shape index (κ1) is 22.4. The Balaban J connectivity index is 0. The molecule has 0 rings (SSSR count). The van der Waals surface area contributed by atoms with E-state index in [-0.39, 0.29) is 0 Å². The average molecular weight is 329 g/mol. The van der Waals surface area contributed by atoms with Crippen LogP contribution in [-0.2, 0) is 22.4 Å². The fraction of sp³-hybridized carbons (Fsp3) is 1.00. The normalized spacial score (nSPS) is 11.2. The van der Waals surface area contributed by atoms with Gasteiger partial charge in [-0.05, 0) is 6.42 Å². The van der Waals surface area contributed by atoms with E-state index in [1.807, 2.05) is 0 Å². The zero-order valence-electron chi connectivity index (χ0n) is 13.2. The molecule has 1 unspecified atom stereocenters. The van der Waals surface area contributed by atoms with Crippen LogP contribution in [0.3, 0.4) is 0 Å². The van der Waals surface area contributed by atoms with Crippen molar-refractivity contribution >= 4 is 17.8 Å². The molecule has 0 saturated heterocycles. The smallest absolute Gasteiger partial charge is 0.379 e. The third-order valence-electron chi connectivity index (χ3n) is 2.53. The van der Waals surface area contributed by atoms with Crippen LogP contribution in [0.2, 0.25) is 0 Å². The summed E-state index contributed by atoms with van der Waals surface area (Å²) in [6, 6.07) is 0. The molecule has 0 fully saturated rings. The lowest BCUT2D eigenvalue weighted by atomic mass is 10.1. The maximum Gasteiger partial charge on any atom is 0.694 e. The van der Waals surface area contributed by atoms with E-state index in [0.717, 1.165) is 12.8 Å². The highest BCUT2D eigenvalue weighted by atomic mass is 31.1. The van der Waals surface area contributed by atoms with Gasteiger partial charge in [0.25, 0.3) is 0 Å². The lowest BCUT2D eigenvalue weighted by Crippen LogP contribution is -2.21. The molecule has 0 aliphatic carbocycles. The van der Waals surface area contributed by atoms with E-state index in [4.69, 9.17) is 18.2 Å². The Morgan fingerprint density at radius 2 is 1.35 bits per heavy atom. The molecular formula is C12H30O6PSi+. The van der Waals surface area contributed by atoms with Crippen LogP contribution in [0.5, 0.6) is 0 Å². The summed E-state index contributed by atoms with van der Waals surface area (Å²) in [4.78, 5) is 8.31. The van der Waals surface area contributed by atoms with Gasteiger partial charge in [0.15, 0.2) is 0 Å². The number of unbranched alkanes of at least 4 members (excludes halogenated alkanes) is 6. The second-order valence-electron chi connectivity index (χ2n) is 4.19. The predicted molar refractivity (Wildman–Crippen MR) is 81.9 cm³/mol. The minimum Gasteiger partial charge on any atom is -0.379 e. The maximum atomic E-state index is 10.1. The molecule has 1 N–H and O–H groups in total. The Labute approximate surface area is 125 Å². The second-order valence-corrected chi connectivity index (χ2v) is 6.91. The molecule has 8 heteroatoms. The van der Waals surface area contributed by atoms with Gasteiger partial charge in [-0.1, -0.05) is 45.4 Å². The standard InChI is InChI=1S/C9H19O3P.C3H10O3Si/c1-2-3-4-5-6-7-8-9-12-13(10)11;1-4-7(5-2)6-3/h2-9H2,1H3;7H,1-3H3/p+1. The molecule has 6 nitrogen and oxygen atoms in total. The van der Waals surface area contributed by atoms with Crippen LogP contribution >= 0.6 is 8.25 Å². The van der Waals surface area contributed by atoms with Gasteiger partial charge < -0.3 is 13.3 Å². The van der Waals surface area contributed by atoms with Gasteiger partial charge in [0.1, 0.15) is 6.61 Å². The minimum absolute atomic E-state index is 0.416. The Morgan fingerprint density at radius 3 is 1.70 bits per heavy atom. The fourth-order valence-corrected chi connectivity index (χ4v) is 2.35. The van der Waals surface area contributed by atoms with Crippen molar-refractivity contribution in [1.29, 1.82) is 0 Å². The molecule has 0 heterocycles. The summed E-state index contributed by atoms with van der Waals surface area (Å²) < 4.78 is 28.9. The highest BCUT2D eigenvalue weighted by Gasteiger charge is 2.09. The number of rotatable bonds is 12. The van der Waals surface area contributed by atoms with Gasteiger partial charge in [-0.3, -0.25) is 0 Å². The molecule has 0 bridgehead atoms. The van der Waals surface area contributed by atoms with Gasteiger partial charge in [0.05, 0.1) is 0 Å². The first-order chi connectivity index (χ1) is 9.62. The quantitative estimate of drug-likeness (QED) is 0.337. The van der Waals surface area contributed by atoms with Crippen molar-refractivity contribution in [3.05, 3.63) is 0 Å². The zero-order valence-corrected chi connectivity index (χ0v) is 15.2. The van der Waals surface area contributed by atoms with Gasteiger partial charge in [-0.2, -0.15) is 0 Å². The van der Waals surface area contributed by atoms with Gasteiger partial charge in [-0.25, -0.2) is 0 Å². The SMILES string of the molecule is CCCCCCCCCO[P+](=O)O.CO[SiH](OC)OC. The summed E-state index contributed by atoms with van der Waals surface area (Å²) in [6.45, 7) is 2.62. The Morgan fingerprint density at radius 1 is 0.900 bits per heavy atom. The summed E-state index contributed by atoms with van der Waals surface area (Å²) in [5.41, 5.74) is 0. The van der Waals surface area contributed by atoms with Gasteiger partial charge in [0, 0.05) is 25.9 Å². The van der Waals surface area contributed by atoms with Crippen LogP contribution in [0, 0.1) is 0 Å². The van der Waals surface area contributed by atoms with Crippen LogP contribution in [-0.4, -0.2) is 42.4 Å². The molecule has 20 heavy (non-hydrogen) atoms. The highest BCUT2D eigenvalue weighted by molar-refractivity contribution is 7.32. The van der Waals surface area contributed by atoms with Crippen molar-refractivity contribution < 1.29 is 27.3 Å². The zero-order chi connectivity index (χ0) is 15.6. The van der Waals surface area contributed by atoms with Gasteiger partial charge in [0.2, 0.25) is 0 Å². The minimum atomic E-state index is -2.38. The molecule has 0 amide bonds. The molecule has 0 radical (unpaired) electrons. The molecule has 0 aromatic heterocycles. The van der Waals surface area contributed by atoms with Crippen molar-refractivity contribution in [3.63, 3.8) is 0 Å². The van der Waals surface area contributed by atoms with E-state index in [1.54, 1.807) is 21.3 Å². The summed E-state index contributed by atoms with van der Waals surface area (Å²) >= 11 is 0. The maximum absolute atomic E-state index is 10.1.